The van der Waals surface area contributed by atoms with Gasteiger partial charge in [-0.15, -0.1) is 5.10 Å². The van der Waals surface area contributed by atoms with Crippen LogP contribution in [0.3, 0.4) is 0 Å². The summed E-state index contributed by atoms with van der Waals surface area (Å²) in [5.41, 5.74) is 2.31. The SMILES string of the molecule is CCc1nc2sc(N3CC4(CN(CC(=O)N5CC(O)C5)C4)C3)nn2c1N(C)c1nc(-c2ccc(F)cc2)c(C#N)s1. The lowest BCUT2D eigenvalue weighted by Crippen LogP contribution is -2.73. The number of amides is 1. The first-order chi connectivity index (χ1) is 19.8. The third-order valence-corrected chi connectivity index (χ3v) is 10.0. The van der Waals surface area contributed by atoms with E-state index in [0.29, 0.717) is 47.3 Å². The zero-order valence-electron chi connectivity index (χ0n) is 22.6. The first-order valence-electron chi connectivity index (χ1n) is 13.5. The van der Waals surface area contributed by atoms with Gasteiger partial charge < -0.3 is 19.8 Å². The van der Waals surface area contributed by atoms with Crippen molar-refractivity contribution in [1.29, 1.82) is 5.26 Å². The Bertz CT molecular complexity index is 1670. The number of β-amino-alcohol motifs (C(OH)–C–C–N with tert-alkyl or cyclic N) is 1. The monoisotopic (exact) mass is 593 g/mol. The van der Waals surface area contributed by atoms with Gasteiger partial charge in [-0.2, -0.15) is 9.78 Å². The van der Waals surface area contributed by atoms with E-state index in [9.17, 15) is 19.6 Å². The molecule has 6 heterocycles. The smallest absolute Gasteiger partial charge is 0.236 e. The maximum absolute atomic E-state index is 13.5. The van der Waals surface area contributed by atoms with Crippen LogP contribution < -0.4 is 9.80 Å². The largest absolute Gasteiger partial charge is 0.389 e. The van der Waals surface area contributed by atoms with Gasteiger partial charge in [-0.25, -0.2) is 14.4 Å². The molecule has 3 aliphatic heterocycles. The van der Waals surface area contributed by atoms with E-state index in [1.165, 1.54) is 23.5 Å². The highest BCUT2D eigenvalue weighted by Crippen LogP contribution is 2.44. The summed E-state index contributed by atoms with van der Waals surface area (Å²) in [6.45, 7) is 6.93. The molecule has 1 amide bonds. The van der Waals surface area contributed by atoms with Crippen molar-refractivity contribution in [2.24, 2.45) is 5.41 Å². The van der Waals surface area contributed by atoms with E-state index >= 15 is 0 Å². The summed E-state index contributed by atoms with van der Waals surface area (Å²) in [7, 11) is 1.90. The van der Waals surface area contributed by atoms with E-state index in [-0.39, 0.29) is 23.2 Å². The summed E-state index contributed by atoms with van der Waals surface area (Å²) in [4.78, 5) is 31.3. The number of thiazole rings is 1. The first-order valence-corrected chi connectivity index (χ1v) is 15.1. The molecule has 3 fully saturated rings. The zero-order valence-corrected chi connectivity index (χ0v) is 24.3. The minimum absolute atomic E-state index is 0.0952. The topological polar surface area (TPSA) is 117 Å². The Kier molecular flexibility index (Phi) is 6.23. The van der Waals surface area contributed by atoms with Gasteiger partial charge in [0.15, 0.2) is 10.9 Å². The number of carbonyl (C=O) groups is 1. The van der Waals surface area contributed by atoms with Crippen LogP contribution in [0.25, 0.3) is 16.2 Å². The van der Waals surface area contributed by atoms with Crippen LogP contribution in [0.15, 0.2) is 24.3 Å². The fraction of sp³-hybridized carbons (Fsp3) is 0.444. The van der Waals surface area contributed by atoms with Crippen molar-refractivity contribution in [1.82, 2.24) is 29.4 Å². The van der Waals surface area contributed by atoms with Crippen LogP contribution in [-0.4, -0.2) is 99.4 Å². The van der Waals surface area contributed by atoms with Crippen molar-refractivity contribution in [3.8, 4) is 17.3 Å². The number of aliphatic hydroxyl groups excluding tert-OH is 1. The average Bonchev–Trinajstić information content (AvgIpc) is 3.59. The van der Waals surface area contributed by atoms with Crippen molar-refractivity contribution in [2.45, 2.75) is 19.4 Å². The van der Waals surface area contributed by atoms with Gasteiger partial charge in [0.05, 0.1) is 18.3 Å². The van der Waals surface area contributed by atoms with E-state index in [1.807, 2.05) is 23.4 Å². The van der Waals surface area contributed by atoms with Crippen molar-refractivity contribution in [3.63, 3.8) is 0 Å². The van der Waals surface area contributed by atoms with Crippen molar-refractivity contribution >= 4 is 49.6 Å². The Morgan fingerprint density at radius 3 is 2.59 bits per heavy atom. The molecule has 3 aliphatic rings. The highest BCUT2D eigenvalue weighted by molar-refractivity contribution is 7.20. The number of nitriles is 1. The zero-order chi connectivity index (χ0) is 28.5. The van der Waals surface area contributed by atoms with Crippen LogP contribution in [0.2, 0.25) is 0 Å². The van der Waals surface area contributed by atoms with Crippen LogP contribution in [0.1, 0.15) is 17.5 Å². The quantitative estimate of drug-likeness (QED) is 0.345. The van der Waals surface area contributed by atoms with Crippen LogP contribution in [0, 0.1) is 22.6 Å². The fourth-order valence-corrected chi connectivity index (χ4v) is 7.72. The Labute approximate surface area is 243 Å². The van der Waals surface area contributed by atoms with Gasteiger partial charge in [-0.1, -0.05) is 29.6 Å². The number of aromatic nitrogens is 4. The number of hydrogen-bond acceptors (Lipinski definition) is 11. The second-order valence-electron chi connectivity index (χ2n) is 11.1. The molecular weight excluding hydrogens is 565 g/mol. The fourth-order valence-electron chi connectivity index (χ4n) is 5.96. The molecule has 7 rings (SSSR count). The third-order valence-electron chi connectivity index (χ3n) is 8.03. The Balaban J connectivity index is 1.07. The number of fused-ring (bicyclic) bond motifs is 1. The lowest BCUT2D eigenvalue weighted by Gasteiger charge is -2.60. The highest BCUT2D eigenvalue weighted by Gasteiger charge is 2.53. The van der Waals surface area contributed by atoms with Gasteiger partial charge in [0.1, 0.15) is 22.5 Å². The molecule has 0 unspecified atom stereocenters. The number of likely N-dealkylation sites (tertiary alicyclic amines) is 2. The van der Waals surface area contributed by atoms with Gasteiger partial charge in [-0.05, 0) is 30.7 Å². The molecule has 4 aromatic rings. The molecule has 1 aromatic carbocycles. The van der Waals surface area contributed by atoms with Gasteiger partial charge in [0.2, 0.25) is 16.0 Å². The minimum atomic E-state index is -0.370. The second-order valence-corrected chi connectivity index (χ2v) is 13.0. The predicted octanol–water partition coefficient (Wildman–Crippen LogP) is 2.58. The Morgan fingerprint density at radius 1 is 1.20 bits per heavy atom. The first kappa shape index (κ1) is 26.3. The van der Waals surface area contributed by atoms with Gasteiger partial charge in [0.25, 0.3) is 0 Å². The summed E-state index contributed by atoms with van der Waals surface area (Å²) in [5.74, 6) is 0.571. The lowest BCUT2D eigenvalue weighted by molar-refractivity contribution is -0.146. The summed E-state index contributed by atoms with van der Waals surface area (Å²) >= 11 is 2.84. The molecule has 0 bridgehead atoms. The molecule has 0 saturated carbocycles. The molecule has 0 aliphatic carbocycles. The number of nitrogens with zero attached hydrogens (tertiary/aromatic N) is 9. The number of anilines is 3. The van der Waals surface area contributed by atoms with Crippen molar-refractivity contribution in [3.05, 3.63) is 40.7 Å². The van der Waals surface area contributed by atoms with Gasteiger partial charge in [-0.3, -0.25) is 9.69 Å². The molecule has 212 valence electrons. The average molecular weight is 594 g/mol. The third kappa shape index (κ3) is 4.44. The molecule has 1 N–H and O–H groups in total. The molecule has 3 aromatic heterocycles. The molecular formula is C27H28FN9O2S2. The summed E-state index contributed by atoms with van der Waals surface area (Å²) in [6.07, 6.45) is 0.342. The van der Waals surface area contributed by atoms with Gasteiger partial charge in [0, 0.05) is 57.3 Å². The number of benzene rings is 1. The minimum Gasteiger partial charge on any atom is -0.389 e. The normalized spacial score (nSPS) is 18.3. The molecule has 3 saturated heterocycles. The van der Waals surface area contributed by atoms with Gasteiger partial charge >= 0.3 is 0 Å². The highest BCUT2D eigenvalue weighted by atomic mass is 32.1. The van der Waals surface area contributed by atoms with E-state index in [0.717, 1.165) is 47.8 Å². The van der Waals surface area contributed by atoms with Crippen LogP contribution in [0.5, 0.6) is 0 Å². The lowest BCUT2D eigenvalue weighted by atomic mass is 9.73. The number of halogens is 1. The number of imidazole rings is 1. The Hall–Kier alpha value is -3.64. The number of rotatable bonds is 7. The predicted molar refractivity (Wildman–Crippen MR) is 154 cm³/mol. The molecule has 1 spiro atoms. The van der Waals surface area contributed by atoms with Crippen molar-refractivity contribution in [2.75, 3.05) is 62.7 Å². The second kappa shape index (κ2) is 9.73. The van der Waals surface area contributed by atoms with E-state index < -0.39 is 0 Å². The van der Waals surface area contributed by atoms with Crippen LogP contribution in [-0.2, 0) is 11.2 Å². The number of carbonyl (C=O) groups excluding carboxylic acids is 1. The summed E-state index contributed by atoms with van der Waals surface area (Å²) in [6, 6.07) is 8.23. The van der Waals surface area contributed by atoms with E-state index in [4.69, 9.17) is 15.1 Å². The van der Waals surface area contributed by atoms with E-state index in [1.54, 1.807) is 28.4 Å². The summed E-state index contributed by atoms with van der Waals surface area (Å²) in [5, 5.41) is 25.7. The maximum atomic E-state index is 13.5. The van der Waals surface area contributed by atoms with Crippen molar-refractivity contribution < 1.29 is 14.3 Å². The molecule has 11 nitrogen and oxygen atoms in total. The van der Waals surface area contributed by atoms with E-state index in [2.05, 4.69) is 15.9 Å². The Morgan fingerprint density at radius 2 is 1.93 bits per heavy atom. The number of aliphatic hydroxyl groups is 1. The molecule has 14 heteroatoms. The van der Waals surface area contributed by atoms with Crippen LogP contribution in [0.4, 0.5) is 20.5 Å². The number of aryl methyl sites for hydroxylation is 1. The van der Waals surface area contributed by atoms with Crippen LogP contribution >= 0.6 is 22.7 Å². The molecule has 0 atom stereocenters. The number of hydrogen-bond donors (Lipinski definition) is 1. The maximum Gasteiger partial charge on any atom is 0.236 e. The standard InChI is InChI=1S/C27H28FN9O2S2/c1-3-19-23(33(2)24-31-22(20(8-29)40-24)16-4-6-17(28)7-5-16)37-25(30-19)41-26(32-37)36-14-27(15-36)12-34(13-27)11-21(39)35-9-18(38)10-35/h4-7,18,38H,3,9-15H2,1-2H3. The summed E-state index contributed by atoms with van der Waals surface area (Å²) < 4.78 is 15.3. The molecule has 41 heavy (non-hydrogen) atoms. The molecule has 0 radical (unpaired) electrons.